The molecule has 102 valence electrons. The number of benzene rings is 2. The molecule has 0 saturated heterocycles. The van der Waals surface area contributed by atoms with E-state index >= 15 is 0 Å². The summed E-state index contributed by atoms with van der Waals surface area (Å²) in [6.07, 6.45) is 0. The predicted molar refractivity (Wildman–Crippen MR) is 76.1 cm³/mol. The summed E-state index contributed by atoms with van der Waals surface area (Å²) in [6, 6.07) is 11.4. The number of aliphatic hydroxyl groups is 1. The highest BCUT2D eigenvalue weighted by Crippen LogP contribution is 2.22. The van der Waals surface area contributed by atoms with Crippen molar-refractivity contribution in [1.29, 1.82) is 0 Å². The maximum atomic E-state index is 13.2. The molecule has 0 radical (unpaired) electrons. The highest BCUT2D eigenvalue weighted by molar-refractivity contribution is 6.31. The highest BCUT2D eigenvalue weighted by atomic mass is 35.5. The Morgan fingerprint density at radius 2 is 2.00 bits per heavy atom. The molecule has 0 heterocycles. The normalized spacial score (nSPS) is 9.75. The maximum absolute atomic E-state index is 13.2. The fourth-order valence-corrected chi connectivity index (χ4v) is 1.82. The SMILES string of the molecule is OCC#Cc1cc(F)ccc1OCc1ccccc1Cl. The van der Waals surface area contributed by atoms with Crippen LogP contribution in [0.1, 0.15) is 11.1 Å². The molecule has 0 aliphatic heterocycles. The second-order valence-corrected chi connectivity index (χ2v) is 4.39. The fourth-order valence-electron chi connectivity index (χ4n) is 1.63. The Kier molecular flexibility index (Phi) is 5.00. The Bertz CT molecular complexity index is 659. The van der Waals surface area contributed by atoms with E-state index < -0.39 is 5.82 Å². The first-order valence-corrected chi connectivity index (χ1v) is 6.34. The topological polar surface area (TPSA) is 29.5 Å². The van der Waals surface area contributed by atoms with Crippen molar-refractivity contribution in [1.82, 2.24) is 0 Å². The van der Waals surface area contributed by atoms with Gasteiger partial charge in [0.2, 0.25) is 0 Å². The molecule has 4 heteroatoms. The van der Waals surface area contributed by atoms with Gasteiger partial charge in [-0.1, -0.05) is 41.6 Å². The molecule has 0 aliphatic rings. The molecule has 2 rings (SSSR count). The third-order valence-corrected chi connectivity index (χ3v) is 2.95. The van der Waals surface area contributed by atoms with Crippen molar-refractivity contribution in [2.75, 3.05) is 6.61 Å². The molecule has 0 unspecified atom stereocenters. The Morgan fingerprint density at radius 3 is 2.75 bits per heavy atom. The van der Waals surface area contributed by atoms with Crippen molar-refractivity contribution in [2.24, 2.45) is 0 Å². The van der Waals surface area contributed by atoms with Gasteiger partial charge in [0.15, 0.2) is 0 Å². The first-order chi connectivity index (χ1) is 9.70. The molecule has 0 spiro atoms. The van der Waals surface area contributed by atoms with Gasteiger partial charge in [-0.15, -0.1) is 0 Å². The second kappa shape index (κ2) is 6.95. The van der Waals surface area contributed by atoms with Crippen LogP contribution in [0.15, 0.2) is 42.5 Å². The third-order valence-electron chi connectivity index (χ3n) is 2.58. The molecule has 0 aliphatic carbocycles. The van der Waals surface area contributed by atoms with E-state index in [-0.39, 0.29) is 13.2 Å². The van der Waals surface area contributed by atoms with Gasteiger partial charge in [-0.25, -0.2) is 4.39 Å². The summed E-state index contributed by atoms with van der Waals surface area (Å²) in [5.41, 5.74) is 1.23. The lowest BCUT2D eigenvalue weighted by Crippen LogP contribution is -1.98. The lowest BCUT2D eigenvalue weighted by molar-refractivity contribution is 0.305. The quantitative estimate of drug-likeness (QED) is 0.878. The van der Waals surface area contributed by atoms with E-state index in [1.165, 1.54) is 18.2 Å². The summed E-state index contributed by atoms with van der Waals surface area (Å²) in [6.45, 7) is -0.0282. The van der Waals surface area contributed by atoms with E-state index in [4.69, 9.17) is 21.4 Å². The zero-order valence-corrected chi connectivity index (χ0v) is 11.3. The molecule has 2 aromatic rings. The minimum absolute atomic E-state index is 0.263. The predicted octanol–water partition coefficient (Wildman–Crippen LogP) is 3.40. The van der Waals surface area contributed by atoms with Gasteiger partial charge in [0.25, 0.3) is 0 Å². The van der Waals surface area contributed by atoms with Crippen molar-refractivity contribution in [3.8, 4) is 17.6 Å². The van der Waals surface area contributed by atoms with Crippen LogP contribution in [-0.2, 0) is 6.61 Å². The van der Waals surface area contributed by atoms with Crippen molar-refractivity contribution < 1.29 is 14.2 Å². The monoisotopic (exact) mass is 290 g/mol. The largest absolute Gasteiger partial charge is 0.488 e. The van der Waals surface area contributed by atoms with Crippen molar-refractivity contribution in [3.05, 3.63) is 64.4 Å². The van der Waals surface area contributed by atoms with E-state index in [0.29, 0.717) is 16.3 Å². The van der Waals surface area contributed by atoms with Crippen LogP contribution in [0.4, 0.5) is 4.39 Å². The summed E-state index contributed by atoms with van der Waals surface area (Å²) < 4.78 is 18.8. The first kappa shape index (κ1) is 14.4. The standard InChI is InChI=1S/C16H12ClFO2/c17-15-6-2-1-4-13(15)11-20-16-8-7-14(18)10-12(16)5-3-9-19/h1-2,4,6-8,10,19H,9,11H2. The molecular weight excluding hydrogens is 279 g/mol. The third kappa shape index (κ3) is 3.74. The van der Waals surface area contributed by atoms with Gasteiger partial charge in [0.1, 0.15) is 24.8 Å². The van der Waals surface area contributed by atoms with E-state index in [1.54, 1.807) is 6.07 Å². The van der Waals surface area contributed by atoms with Crippen LogP contribution in [0.2, 0.25) is 5.02 Å². The molecule has 0 atom stereocenters. The molecule has 0 bridgehead atoms. The molecular formula is C16H12ClFO2. The van der Waals surface area contributed by atoms with Crippen LogP contribution in [0.25, 0.3) is 0 Å². The van der Waals surface area contributed by atoms with E-state index in [9.17, 15) is 4.39 Å². The molecule has 0 fully saturated rings. The average molecular weight is 291 g/mol. The number of ether oxygens (including phenoxy) is 1. The van der Waals surface area contributed by atoms with Crippen LogP contribution >= 0.6 is 11.6 Å². The van der Waals surface area contributed by atoms with Crippen LogP contribution < -0.4 is 4.74 Å². The van der Waals surface area contributed by atoms with Crippen LogP contribution in [-0.4, -0.2) is 11.7 Å². The minimum atomic E-state index is -0.405. The number of aliphatic hydroxyl groups excluding tert-OH is 1. The summed E-state index contributed by atoms with van der Waals surface area (Å²) >= 11 is 6.04. The van der Waals surface area contributed by atoms with E-state index in [0.717, 1.165) is 5.56 Å². The van der Waals surface area contributed by atoms with Crippen molar-refractivity contribution >= 4 is 11.6 Å². The van der Waals surface area contributed by atoms with Gasteiger partial charge in [0, 0.05) is 10.6 Å². The number of rotatable bonds is 3. The van der Waals surface area contributed by atoms with Gasteiger partial charge in [-0.2, -0.15) is 0 Å². The highest BCUT2D eigenvalue weighted by Gasteiger charge is 2.05. The van der Waals surface area contributed by atoms with E-state index in [2.05, 4.69) is 11.8 Å². The number of hydrogen-bond donors (Lipinski definition) is 1. The van der Waals surface area contributed by atoms with Gasteiger partial charge < -0.3 is 9.84 Å². The summed E-state index contributed by atoms with van der Waals surface area (Å²) in [5, 5.41) is 9.32. The lowest BCUT2D eigenvalue weighted by atomic mass is 10.2. The van der Waals surface area contributed by atoms with Crippen LogP contribution in [0.5, 0.6) is 5.75 Å². The smallest absolute Gasteiger partial charge is 0.135 e. The van der Waals surface area contributed by atoms with Crippen molar-refractivity contribution in [2.45, 2.75) is 6.61 Å². The van der Waals surface area contributed by atoms with Gasteiger partial charge in [-0.05, 0) is 24.3 Å². The van der Waals surface area contributed by atoms with Gasteiger partial charge >= 0.3 is 0 Å². The molecule has 2 nitrogen and oxygen atoms in total. The molecule has 0 saturated carbocycles. The molecule has 0 aromatic heterocycles. The molecule has 2 aromatic carbocycles. The Morgan fingerprint density at radius 1 is 1.20 bits per heavy atom. The first-order valence-electron chi connectivity index (χ1n) is 5.96. The van der Waals surface area contributed by atoms with Gasteiger partial charge in [-0.3, -0.25) is 0 Å². The fraction of sp³-hybridized carbons (Fsp3) is 0.125. The van der Waals surface area contributed by atoms with Crippen LogP contribution in [0.3, 0.4) is 0 Å². The Labute approximate surface area is 121 Å². The minimum Gasteiger partial charge on any atom is -0.488 e. The zero-order chi connectivity index (χ0) is 14.4. The molecule has 20 heavy (non-hydrogen) atoms. The van der Waals surface area contributed by atoms with Crippen LogP contribution in [0, 0.1) is 17.7 Å². The number of hydrogen-bond acceptors (Lipinski definition) is 2. The summed E-state index contributed by atoms with van der Waals surface area (Å²) in [7, 11) is 0. The summed E-state index contributed by atoms with van der Waals surface area (Å²) in [5.74, 6) is 5.18. The summed E-state index contributed by atoms with van der Waals surface area (Å²) in [4.78, 5) is 0. The van der Waals surface area contributed by atoms with E-state index in [1.807, 2.05) is 18.2 Å². The zero-order valence-electron chi connectivity index (χ0n) is 10.6. The second-order valence-electron chi connectivity index (χ2n) is 3.98. The Balaban J connectivity index is 2.19. The lowest BCUT2D eigenvalue weighted by Gasteiger charge is -2.09. The average Bonchev–Trinajstić information content (AvgIpc) is 2.45. The maximum Gasteiger partial charge on any atom is 0.135 e. The van der Waals surface area contributed by atoms with Crippen molar-refractivity contribution in [3.63, 3.8) is 0 Å². The van der Waals surface area contributed by atoms with Gasteiger partial charge in [0.05, 0.1) is 5.56 Å². The number of halogens is 2. The molecule has 0 amide bonds. The Hall–Kier alpha value is -2.02. The molecule has 1 N–H and O–H groups in total.